The zero-order chi connectivity index (χ0) is 43.8. The van der Waals surface area contributed by atoms with E-state index in [1.165, 1.54) is 79.3 Å². The standard InChI is InChI=1S/C22H16ClF2N3O2.C16H13ClF2N2O.C6H5NO2.ClH/c23-16-10-13(3-6-17(16)24)27-22(30)15-4-7-18(25)20-14(15)5-8-19(20)28-21(29)12-2-1-9-26-11-12;17-11-7-8(1-4-12(11)18)21-16(22)10-2-5-13(19)15-9(10)3-6-14(15)20;8-6(9)5-2-1-3-7-4-5;/h1-4,6-7,9-11,19H,5,8H2,(H,27,30)(H,28,29);1-2,4-5,7,14H,3,6,20H2,(H,21,22);1-4H,(H,8,9);1H/t19-;14-;;/m00../s1. The Labute approximate surface area is 368 Å². The van der Waals surface area contributed by atoms with Crippen molar-refractivity contribution in [3.8, 4) is 0 Å². The Balaban J connectivity index is 0.000000198. The van der Waals surface area contributed by atoms with Gasteiger partial charge in [0.1, 0.15) is 23.3 Å². The van der Waals surface area contributed by atoms with Crippen LogP contribution in [0.15, 0.2) is 110 Å². The summed E-state index contributed by atoms with van der Waals surface area (Å²) in [5.74, 6) is -4.19. The number of benzene rings is 4. The number of nitrogens with one attached hydrogen (secondary N) is 3. The van der Waals surface area contributed by atoms with Crippen LogP contribution in [0.1, 0.15) is 88.6 Å². The molecule has 3 amide bonds. The Morgan fingerprint density at radius 2 is 1.10 bits per heavy atom. The number of carboxylic acid groups (broad SMARTS) is 1. The van der Waals surface area contributed by atoms with Crippen molar-refractivity contribution in [2.24, 2.45) is 5.73 Å². The lowest BCUT2D eigenvalue weighted by Gasteiger charge is -2.16. The average molecular weight is 910 g/mol. The Bertz CT molecular complexity index is 2630. The quantitative estimate of drug-likeness (QED) is 0.0984. The highest BCUT2D eigenvalue weighted by molar-refractivity contribution is 6.31. The largest absolute Gasteiger partial charge is 0.478 e. The molecule has 18 heteroatoms. The maximum atomic E-state index is 14.6. The van der Waals surface area contributed by atoms with E-state index in [1.54, 1.807) is 24.4 Å². The number of aromatic nitrogens is 2. The highest BCUT2D eigenvalue weighted by Gasteiger charge is 2.32. The van der Waals surface area contributed by atoms with Gasteiger partial charge in [-0.25, -0.2) is 22.4 Å². The molecule has 0 unspecified atom stereocenters. The number of carbonyl (C=O) groups excluding carboxylic acids is 3. The van der Waals surface area contributed by atoms with Crippen molar-refractivity contribution in [3.05, 3.63) is 188 Å². The molecule has 0 fully saturated rings. The number of amides is 3. The second kappa shape index (κ2) is 20.9. The lowest BCUT2D eigenvalue weighted by Crippen LogP contribution is -2.28. The fraction of sp³-hybridized carbons (Fsp3) is 0.136. The van der Waals surface area contributed by atoms with Crippen LogP contribution < -0.4 is 21.7 Å². The first-order valence-electron chi connectivity index (χ1n) is 18.5. The maximum absolute atomic E-state index is 14.6. The average Bonchev–Trinajstić information content (AvgIpc) is 3.86. The van der Waals surface area contributed by atoms with Gasteiger partial charge in [0.25, 0.3) is 17.7 Å². The monoisotopic (exact) mass is 908 g/mol. The van der Waals surface area contributed by atoms with E-state index in [0.29, 0.717) is 76.0 Å². The van der Waals surface area contributed by atoms with Gasteiger partial charge in [-0.3, -0.25) is 24.4 Å². The van der Waals surface area contributed by atoms with Crippen LogP contribution in [0, 0.1) is 23.3 Å². The Morgan fingerprint density at radius 1 is 0.629 bits per heavy atom. The van der Waals surface area contributed by atoms with Crippen LogP contribution in [-0.2, 0) is 12.8 Å². The van der Waals surface area contributed by atoms with Crippen molar-refractivity contribution in [2.75, 3.05) is 10.6 Å². The lowest BCUT2D eigenvalue weighted by atomic mass is 10.0. The van der Waals surface area contributed by atoms with Crippen LogP contribution in [0.2, 0.25) is 10.0 Å². The van der Waals surface area contributed by atoms with Gasteiger partial charge in [-0.1, -0.05) is 23.2 Å². The zero-order valence-electron chi connectivity index (χ0n) is 32.1. The van der Waals surface area contributed by atoms with Crippen molar-refractivity contribution in [1.29, 1.82) is 0 Å². The molecule has 11 nitrogen and oxygen atoms in total. The van der Waals surface area contributed by atoms with E-state index in [4.69, 9.17) is 34.0 Å². The van der Waals surface area contributed by atoms with Crippen LogP contribution in [0.25, 0.3) is 0 Å². The number of halogens is 7. The van der Waals surface area contributed by atoms with Crippen molar-refractivity contribution in [2.45, 2.75) is 37.8 Å². The number of hydrogen-bond donors (Lipinski definition) is 5. The van der Waals surface area contributed by atoms with Gasteiger partial charge in [0.2, 0.25) is 0 Å². The van der Waals surface area contributed by atoms with E-state index < -0.39 is 41.3 Å². The Kier molecular flexibility index (Phi) is 15.8. The normalized spacial score (nSPS) is 14.3. The molecule has 2 atom stereocenters. The third-order valence-electron chi connectivity index (χ3n) is 9.70. The van der Waals surface area contributed by atoms with Gasteiger partial charge in [0.05, 0.1) is 27.2 Å². The van der Waals surface area contributed by atoms with Gasteiger partial charge < -0.3 is 26.8 Å². The molecule has 4 aromatic carbocycles. The first-order chi connectivity index (χ1) is 29.2. The zero-order valence-corrected chi connectivity index (χ0v) is 34.4. The Hall–Kier alpha value is -6.39. The van der Waals surface area contributed by atoms with Gasteiger partial charge in [-0.2, -0.15) is 0 Å². The molecule has 0 saturated carbocycles. The molecule has 320 valence electrons. The first-order valence-corrected chi connectivity index (χ1v) is 19.2. The van der Waals surface area contributed by atoms with Gasteiger partial charge in [0, 0.05) is 64.5 Å². The minimum absolute atomic E-state index is 0. The summed E-state index contributed by atoms with van der Waals surface area (Å²) in [5.41, 5.74) is 9.72. The number of nitrogens with zero attached hydrogens (tertiary/aromatic N) is 2. The van der Waals surface area contributed by atoms with Crippen LogP contribution in [0.3, 0.4) is 0 Å². The van der Waals surface area contributed by atoms with Gasteiger partial charge in [-0.15, -0.1) is 12.4 Å². The summed E-state index contributed by atoms with van der Waals surface area (Å²) in [4.78, 5) is 55.3. The molecule has 0 saturated heterocycles. The highest BCUT2D eigenvalue weighted by atomic mass is 35.5. The summed E-state index contributed by atoms with van der Waals surface area (Å²) in [6.45, 7) is 0. The number of pyridine rings is 2. The van der Waals surface area contributed by atoms with E-state index in [1.807, 2.05) is 0 Å². The van der Waals surface area contributed by atoms with Gasteiger partial charge in [-0.05, 0) is 122 Å². The summed E-state index contributed by atoms with van der Waals surface area (Å²) < 4.78 is 54.9. The number of hydrogen-bond acceptors (Lipinski definition) is 7. The van der Waals surface area contributed by atoms with Crippen LogP contribution in [0.4, 0.5) is 28.9 Å². The van der Waals surface area contributed by atoms with E-state index in [-0.39, 0.29) is 45.8 Å². The fourth-order valence-corrected chi connectivity index (χ4v) is 7.17. The smallest absolute Gasteiger partial charge is 0.337 e. The molecule has 6 aromatic rings. The molecule has 2 aromatic heterocycles. The molecule has 2 aliphatic rings. The number of aromatic carboxylic acids is 1. The highest BCUT2D eigenvalue weighted by Crippen LogP contribution is 2.37. The molecule has 0 radical (unpaired) electrons. The molecule has 2 heterocycles. The van der Waals surface area contributed by atoms with Gasteiger partial charge in [0.15, 0.2) is 0 Å². The Morgan fingerprint density at radius 3 is 1.56 bits per heavy atom. The van der Waals surface area contributed by atoms with E-state index in [9.17, 15) is 36.7 Å². The second-order valence-electron chi connectivity index (χ2n) is 13.6. The predicted octanol–water partition coefficient (Wildman–Crippen LogP) is 9.70. The third-order valence-corrected chi connectivity index (χ3v) is 10.3. The first kappa shape index (κ1) is 46.7. The maximum Gasteiger partial charge on any atom is 0.337 e. The molecule has 2 aliphatic carbocycles. The van der Waals surface area contributed by atoms with Gasteiger partial charge >= 0.3 is 5.97 Å². The fourth-order valence-electron chi connectivity index (χ4n) is 6.81. The topological polar surface area (TPSA) is 176 Å². The minimum atomic E-state index is -0.942. The number of carboxylic acids is 1. The van der Waals surface area contributed by atoms with Crippen LogP contribution in [-0.4, -0.2) is 38.8 Å². The number of carbonyl (C=O) groups is 4. The predicted molar refractivity (Wildman–Crippen MR) is 228 cm³/mol. The van der Waals surface area contributed by atoms with Crippen molar-refractivity contribution >= 4 is 70.7 Å². The van der Waals surface area contributed by atoms with E-state index >= 15 is 0 Å². The van der Waals surface area contributed by atoms with Crippen LogP contribution in [0.5, 0.6) is 0 Å². The summed E-state index contributed by atoms with van der Waals surface area (Å²) in [7, 11) is 0. The SMILES string of the molecule is Cl.N[C@H]1CCc2c(C(=O)Nc3ccc(F)c(Cl)c3)ccc(F)c21.O=C(N[C@H]1CCc2c(C(=O)Nc3ccc(F)c(Cl)c3)ccc(F)c21)c1cccnc1.O=C(O)c1cccnc1. The number of anilines is 2. The molecule has 0 spiro atoms. The molecule has 0 aliphatic heterocycles. The van der Waals surface area contributed by atoms with Crippen LogP contribution >= 0.6 is 35.6 Å². The van der Waals surface area contributed by atoms with Crippen molar-refractivity contribution in [1.82, 2.24) is 15.3 Å². The molecular formula is C44H35Cl3F4N6O5. The molecule has 6 N–H and O–H groups in total. The summed E-state index contributed by atoms with van der Waals surface area (Å²) >= 11 is 11.4. The number of nitrogens with two attached hydrogens (primary N) is 1. The molecular weight excluding hydrogens is 875 g/mol. The summed E-state index contributed by atoms with van der Waals surface area (Å²) in [6.07, 6.45) is 7.89. The number of rotatable bonds is 7. The lowest BCUT2D eigenvalue weighted by molar-refractivity contribution is 0.0695. The van der Waals surface area contributed by atoms with E-state index in [2.05, 4.69) is 25.9 Å². The molecule has 62 heavy (non-hydrogen) atoms. The van der Waals surface area contributed by atoms with E-state index in [0.717, 1.165) is 6.07 Å². The van der Waals surface area contributed by atoms with Crippen molar-refractivity contribution < 1.29 is 41.8 Å². The number of fused-ring (bicyclic) bond motifs is 2. The second-order valence-corrected chi connectivity index (χ2v) is 14.5. The minimum Gasteiger partial charge on any atom is -0.478 e. The molecule has 8 rings (SSSR count). The third kappa shape index (κ3) is 11.1. The summed E-state index contributed by atoms with van der Waals surface area (Å²) in [5, 5.41) is 16.2. The molecule has 0 bridgehead atoms. The van der Waals surface area contributed by atoms with Crippen molar-refractivity contribution in [3.63, 3.8) is 0 Å². The summed E-state index contributed by atoms with van der Waals surface area (Å²) in [6, 6.07) is 18.4.